The molecule has 2 N–H and O–H groups in total. The first-order valence-electron chi connectivity index (χ1n) is 14.0. The van der Waals surface area contributed by atoms with Gasteiger partial charge in [-0.2, -0.15) is 0 Å². The smallest absolute Gasteiger partial charge is 0.227 e. The molecule has 0 spiro atoms. The van der Waals surface area contributed by atoms with Crippen LogP contribution in [0.1, 0.15) is 90.4 Å². The van der Waals surface area contributed by atoms with Gasteiger partial charge in [-0.25, -0.2) is 8.42 Å². The lowest BCUT2D eigenvalue weighted by molar-refractivity contribution is -0.143. The van der Waals surface area contributed by atoms with E-state index in [2.05, 4.69) is 15.5 Å². The largest absolute Gasteiger partial charge is 0.379 e. The Balaban J connectivity index is 1.21. The van der Waals surface area contributed by atoms with E-state index in [1.165, 1.54) is 6.42 Å². The molecule has 0 aromatic rings. The van der Waals surface area contributed by atoms with E-state index in [4.69, 9.17) is 4.74 Å². The number of ether oxygens (including phenoxy) is 1. The van der Waals surface area contributed by atoms with Crippen molar-refractivity contribution < 1.29 is 22.7 Å². The van der Waals surface area contributed by atoms with Crippen LogP contribution in [0.3, 0.4) is 0 Å². The molecule has 4 fully saturated rings. The molecule has 2 amide bonds. The van der Waals surface area contributed by atoms with Gasteiger partial charge in [-0.1, -0.05) is 6.92 Å². The molecule has 9 heteroatoms. The molecule has 4 aliphatic rings. The van der Waals surface area contributed by atoms with Crippen LogP contribution >= 0.6 is 0 Å². The Morgan fingerprint density at radius 2 is 1.71 bits per heavy atom. The van der Waals surface area contributed by atoms with Crippen LogP contribution in [0.25, 0.3) is 0 Å². The van der Waals surface area contributed by atoms with Gasteiger partial charge in [0.15, 0.2) is 9.84 Å². The number of rotatable bonds is 8. The minimum Gasteiger partial charge on any atom is -0.379 e. The standard InChI is InChI=1S/C26H45N3O5S/c1-2-35(32,33)23-12-6-19(7-13-23)17-25(30)28-21-10-8-20(9-11-21)26(31)29(22-14-16-34-18-22)24-5-3-4-15-27-24/h19-24,27H,2-18H2,1H3,(H,28,30). The van der Waals surface area contributed by atoms with Crippen LogP contribution < -0.4 is 10.6 Å². The Labute approximate surface area is 211 Å². The number of amides is 2. The molecule has 2 saturated carbocycles. The summed E-state index contributed by atoms with van der Waals surface area (Å²) in [6.07, 6.45) is 11.2. The van der Waals surface area contributed by atoms with Crippen molar-refractivity contribution in [3.8, 4) is 0 Å². The number of carbonyl (C=O) groups is 2. The van der Waals surface area contributed by atoms with E-state index >= 15 is 0 Å². The fraction of sp³-hybridized carbons (Fsp3) is 0.923. The van der Waals surface area contributed by atoms with Crippen molar-refractivity contribution in [3.63, 3.8) is 0 Å². The van der Waals surface area contributed by atoms with Crippen LogP contribution in [0.4, 0.5) is 0 Å². The highest BCUT2D eigenvalue weighted by molar-refractivity contribution is 7.92. The Bertz CT molecular complexity index is 807. The highest BCUT2D eigenvalue weighted by atomic mass is 32.2. The lowest BCUT2D eigenvalue weighted by atomic mass is 9.83. The molecule has 200 valence electrons. The van der Waals surface area contributed by atoms with Gasteiger partial charge in [-0.3, -0.25) is 14.9 Å². The predicted octanol–water partition coefficient (Wildman–Crippen LogP) is 2.76. The average Bonchev–Trinajstić information content (AvgIpc) is 3.40. The number of sulfone groups is 1. The highest BCUT2D eigenvalue weighted by Crippen LogP contribution is 2.32. The number of hydrogen-bond acceptors (Lipinski definition) is 6. The summed E-state index contributed by atoms with van der Waals surface area (Å²) >= 11 is 0. The molecule has 0 aromatic heterocycles. The maximum absolute atomic E-state index is 13.6. The second-order valence-electron chi connectivity index (χ2n) is 11.1. The Kier molecular flexibility index (Phi) is 9.49. The molecular weight excluding hydrogens is 466 g/mol. The first kappa shape index (κ1) is 26.9. The maximum atomic E-state index is 13.6. The summed E-state index contributed by atoms with van der Waals surface area (Å²) in [6.45, 7) is 4.05. The molecule has 2 saturated heterocycles. The number of hydrogen-bond donors (Lipinski definition) is 2. The Morgan fingerprint density at radius 3 is 2.31 bits per heavy atom. The normalized spacial score (nSPS) is 34.3. The number of carbonyl (C=O) groups excluding carboxylic acids is 2. The summed E-state index contributed by atoms with van der Waals surface area (Å²) in [6, 6.07) is 0.317. The lowest BCUT2D eigenvalue weighted by Crippen LogP contribution is -2.57. The van der Waals surface area contributed by atoms with Crippen LogP contribution in [0.2, 0.25) is 0 Å². The third-order valence-corrected chi connectivity index (χ3v) is 11.1. The fourth-order valence-electron chi connectivity index (χ4n) is 6.58. The molecule has 4 rings (SSSR count). The SMILES string of the molecule is CCS(=O)(=O)C1CCC(CC(=O)NC2CCC(C(=O)N(C3CCOC3)C3CCCCN3)CC2)CC1. The van der Waals surface area contributed by atoms with E-state index in [0.29, 0.717) is 25.9 Å². The van der Waals surface area contributed by atoms with Crippen LogP contribution in [0.5, 0.6) is 0 Å². The predicted molar refractivity (Wildman–Crippen MR) is 135 cm³/mol. The van der Waals surface area contributed by atoms with E-state index in [9.17, 15) is 18.0 Å². The number of nitrogens with zero attached hydrogens (tertiary/aromatic N) is 1. The maximum Gasteiger partial charge on any atom is 0.227 e. The minimum absolute atomic E-state index is 0.0308. The quantitative estimate of drug-likeness (QED) is 0.519. The van der Waals surface area contributed by atoms with Gasteiger partial charge in [-0.05, 0) is 89.5 Å². The van der Waals surface area contributed by atoms with Gasteiger partial charge in [0.25, 0.3) is 0 Å². The van der Waals surface area contributed by atoms with Crippen LogP contribution in [0.15, 0.2) is 0 Å². The van der Waals surface area contributed by atoms with E-state index in [-0.39, 0.29) is 52.9 Å². The summed E-state index contributed by atoms with van der Waals surface area (Å²) in [5.74, 6) is 0.864. The van der Waals surface area contributed by atoms with Crippen molar-refractivity contribution in [2.45, 2.75) is 114 Å². The van der Waals surface area contributed by atoms with E-state index in [0.717, 1.165) is 70.9 Å². The molecular formula is C26H45N3O5S. The van der Waals surface area contributed by atoms with Gasteiger partial charge in [0.2, 0.25) is 11.8 Å². The Morgan fingerprint density at radius 1 is 0.971 bits per heavy atom. The molecule has 35 heavy (non-hydrogen) atoms. The number of piperidine rings is 1. The topological polar surface area (TPSA) is 105 Å². The van der Waals surface area contributed by atoms with E-state index < -0.39 is 9.84 Å². The third kappa shape index (κ3) is 6.98. The van der Waals surface area contributed by atoms with Crippen molar-refractivity contribution in [2.24, 2.45) is 11.8 Å². The van der Waals surface area contributed by atoms with Gasteiger partial charge in [-0.15, -0.1) is 0 Å². The second-order valence-corrected chi connectivity index (χ2v) is 13.7. The summed E-state index contributed by atoms with van der Waals surface area (Å²) in [4.78, 5) is 28.4. The molecule has 0 radical (unpaired) electrons. The molecule has 2 unspecified atom stereocenters. The molecule has 0 aromatic carbocycles. The first-order valence-corrected chi connectivity index (χ1v) is 15.7. The zero-order chi connectivity index (χ0) is 24.8. The Hall–Kier alpha value is -1.19. The molecule has 2 aliphatic carbocycles. The first-order chi connectivity index (χ1) is 16.9. The van der Waals surface area contributed by atoms with Crippen molar-refractivity contribution >= 4 is 21.7 Å². The third-order valence-electron chi connectivity index (χ3n) is 8.79. The highest BCUT2D eigenvalue weighted by Gasteiger charge is 2.38. The molecule has 2 aliphatic heterocycles. The van der Waals surface area contributed by atoms with Crippen molar-refractivity contribution in [2.75, 3.05) is 25.5 Å². The number of nitrogens with one attached hydrogen (secondary N) is 2. The van der Waals surface area contributed by atoms with Crippen LogP contribution in [-0.2, 0) is 24.2 Å². The summed E-state index contributed by atoms with van der Waals surface area (Å²) < 4.78 is 29.8. The molecule has 2 heterocycles. The van der Waals surface area contributed by atoms with E-state index in [1.54, 1.807) is 6.92 Å². The summed E-state index contributed by atoms with van der Waals surface area (Å²) in [5.41, 5.74) is 0. The van der Waals surface area contributed by atoms with Crippen molar-refractivity contribution in [1.82, 2.24) is 15.5 Å². The van der Waals surface area contributed by atoms with Crippen LogP contribution in [-0.4, -0.2) is 74.1 Å². The lowest BCUT2D eigenvalue weighted by Gasteiger charge is -2.41. The molecule has 2 atom stereocenters. The van der Waals surface area contributed by atoms with E-state index in [1.807, 2.05) is 0 Å². The molecule has 8 nitrogen and oxygen atoms in total. The zero-order valence-electron chi connectivity index (χ0n) is 21.4. The summed E-state index contributed by atoms with van der Waals surface area (Å²) in [7, 11) is -2.97. The van der Waals surface area contributed by atoms with Gasteiger partial charge in [0.05, 0.1) is 24.1 Å². The van der Waals surface area contributed by atoms with Crippen LogP contribution in [0, 0.1) is 11.8 Å². The fourth-order valence-corrected chi connectivity index (χ4v) is 8.04. The van der Waals surface area contributed by atoms with Gasteiger partial charge < -0.3 is 15.0 Å². The van der Waals surface area contributed by atoms with Gasteiger partial charge in [0, 0.05) is 30.7 Å². The van der Waals surface area contributed by atoms with Gasteiger partial charge >= 0.3 is 0 Å². The monoisotopic (exact) mass is 511 g/mol. The average molecular weight is 512 g/mol. The second kappa shape index (κ2) is 12.4. The van der Waals surface area contributed by atoms with Crippen molar-refractivity contribution in [1.29, 1.82) is 0 Å². The van der Waals surface area contributed by atoms with Crippen molar-refractivity contribution in [3.05, 3.63) is 0 Å². The molecule has 0 bridgehead atoms. The minimum atomic E-state index is -2.97. The van der Waals surface area contributed by atoms with Gasteiger partial charge in [0.1, 0.15) is 0 Å². The zero-order valence-corrected chi connectivity index (χ0v) is 22.2. The summed E-state index contributed by atoms with van der Waals surface area (Å²) in [5, 5.41) is 6.55.